The van der Waals surface area contributed by atoms with E-state index in [-0.39, 0.29) is 0 Å². The molecule has 1 rings (SSSR count). The Hall–Kier alpha value is -1.24. The second-order valence-corrected chi connectivity index (χ2v) is 4.54. The molecule has 0 N–H and O–H groups in total. The van der Waals surface area contributed by atoms with Crippen molar-refractivity contribution in [3.8, 4) is 0 Å². The Balaban J connectivity index is 2.21. The van der Waals surface area contributed by atoms with Gasteiger partial charge in [0, 0.05) is 0 Å². The van der Waals surface area contributed by atoms with E-state index in [2.05, 4.69) is 32.9 Å². The maximum absolute atomic E-state index is 5.03. The van der Waals surface area contributed by atoms with E-state index in [1.807, 2.05) is 12.3 Å². The molecule has 0 fully saturated rings. The summed E-state index contributed by atoms with van der Waals surface area (Å²) in [6.45, 7) is 6.52. The summed E-state index contributed by atoms with van der Waals surface area (Å²) >= 11 is 0. The molecule has 0 bridgehead atoms. The highest BCUT2D eigenvalue weighted by atomic mass is 16.3. The molecule has 0 amide bonds. The summed E-state index contributed by atoms with van der Waals surface area (Å²) in [6, 6.07) is 2.03. The van der Waals surface area contributed by atoms with Crippen LogP contribution in [0.1, 0.15) is 45.6 Å². The van der Waals surface area contributed by atoms with Gasteiger partial charge in [0.25, 0.3) is 0 Å². The van der Waals surface area contributed by atoms with Crippen molar-refractivity contribution in [2.45, 2.75) is 46.5 Å². The maximum atomic E-state index is 5.03. The lowest BCUT2D eigenvalue weighted by Crippen LogP contribution is -1.81. The van der Waals surface area contributed by atoms with E-state index in [0.29, 0.717) is 0 Å². The van der Waals surface area contributed by atoms with Gasteiger partial charge in [-0.05, 0) is 58.1 Å². The Morgan fingerprint density at radius 1 is 1.19 bits per heavy atom. The van der Waals surface area contributed by atoms with Gasteiger partial charge in [0.05, 0.1) is 12.5 Å². The monoisotopic (exact) mass is 218 g/mol. The number of aryl methyl sites for hydroxylation is 1. The summed E-state index contributed by atoms with van der Waals surface area (Å²) in [6.07, 6.45) is 12.7. The first kappa shape index (κ1) is 12.8. The third-order valence-corrected chi connectivity index (χ3v) is 2.60. The van der Waals surface area contributed by atoms with Crippen molar-refractivity contribution in [1.29, 1.82) is 0 Å². The highest BCUT2D eigenvalue weighted by Gasteiger charge is 1.93. The van der Waals surface area contributed by atoms with Crippen molar-refractivity contribution in [2.75, 3.05) is 0 Å². The van der Waals surface area contributed by atoms with Gasteiger partial charge < -0.3 is 4.42 Å². The summed E-state index contributed by atoms with van der Waals surface area (Å²) in [4.78, 5) is 0. The van der Waals surface area contributed by atoms with Crippen LogP contribution in [0.25, 0.3) is 0 Å². The number of furan rings is 1. The number of hydrogen-bond acceptors (Lipinski definition) is 1. The molecule has 0 saturated heterocycles. The highest BCUT2D eigenvalue weighted by Crippen LogP contribution is 2.10. The molecule has 0 aliphatic rings. The molecule has 1 nitrogen and oxygen atoms in total. The standard InChI is InChI=1S/C15H22O/c1-13(2)6-4-7-14(3)8-5-9-15-10-11-16-12-15/h6,8,10-12H,4-5,7,9H2,1-3H3/b14-8-. The van der Waals surface area contributed by atoms with Gasteiger partial charge >= 0.3 is 0 Å². The van der Waals surface area contributed by atoms with E-state index in [4.69, 9.17) is 4.42 Å². The SMILES string of the molecule is CC(C)=CCC/C(C)=C\CCc1ccoc1. The topological polar surface area (TPSA) is 13.1 Å². The van der Waals surface area contributed by atoms with Crippen molar-refractivity contribution in [2.24, 2.45) is 0 Å². The molecule has 0 radical (unpaired) electrons. The second kappa shape index (κ2) is 7.10. The smallest absolute Gasteiger partial charge is 0.0934 e. The van der Waals surface area contributed by atoms with Gasteiger partial charge in [0.2, 0.25) is 0 Å². The van der Waals surface area contributed by atoms with Crippen LogP contribution >= 0.6 is 0 Å². The molecule has 1 heteroatoms. The normalized spacial score (nSPS) is 11.6. The molecule has 88 valence electrons. The van der Waals surface area contributed by atoms with Gasteiger partial charge in [-0.15, -0.1) is 0 Å². The summed E-state index contributed by atoms with van der Waals surface area (Å²) in [5.74, 6) is 0. The predicted molar refractivity (Wildman–Crippen MR) is 69.5 cm³/mol. The van der Waals surface area contributed by atoms with Crippen LogP contribution in [0.5, 0.6) is 0 Å². The van der Waals surface area contributed by atoms with Crippen molar-refractivity contribution < 1.29 is 4.42 Å². The molecular formula is C15H22O. The lowest BCUT2D eigenvalue weighted by Gasteiger charge is -1.99. The van der Waals surface area contributed by atoms with E-state index in [1.165, 1.54) is 23.1 Å². The van der Waals surface area contributed by atoms with Crippen LogP contribution in [0.4, 0.5) is 0 Å². The third-order valence-electron chi connectivity index (χ3n) is 2.60. The average Bonchev–Trinajstić information content (AvgIpc) is 2.70. The highest BCUT2D eigenvalue weighted by molar-refractivity contribution is 5.08. The molecule has 0 aliphatic carbocycles. The Morgan fingerprint density at radius 2 is 2.00 bits per heavy atom. The fourth-order valence-electron chi connectivity index (χ4n) is 1.61. The largest absolute Gasteiger partial charge is 0.472 e. The average molecular weight is 218 g/mol. The molecule has 1 aromatic heterocycles. The summed E-state index contributed by atoms with van der Waals surface area (Å²) in [5.41, 5.74) is 4.18. The first-order valence-corrected chi connectivity index (χ1v) is 5.98. The Morgan fingerprint density at radius 3 is 2.62 bits per heavy atom. The van der Waals surface area contributed by atoms with E-state index >= 15 is 0 Å². The van der Waals surface area contributed by atoms with Crippen LogP contribution in [0.2, 0.25) is 0 Å². The number of hydrogen-bond donors (Lipinski definition) is 0. The maximum Gasteiger partial charge on any atom is 0.0934 e. The van der Waals surface area contributed by atoms with Crippen molar-refractivity contribution in [3.63, 3.8) is 0 Å². The quantitative estimate of drug-likeness (QED) is 0.619. The molecule has 0 aliphatic heterocycles. The van der Waals surface area contributed by atoms with Gasteiger partial charge in [0.15, 0.2) is 0 Å². The van der Waals surface area contributed by atoms with E-state index < -0.39 is 0 Å². The molecule has 1 heterocycles. The second-order valence-electron chi connectivity index (χ2n) is 4.54. The molecule has 1 aromatic rings. The Labute approximate surface area is 98.9 Å². The van der Waals surface area contributed by atoms with Crippen molar-refractivity contribution >= 4 is 0 Å². The molecule has 0 aromatic carbocycles. The first-order chi connectivity index (χ1) is 7.68. The van der Waals surface area contributed by atoms with Crippen LogP contribution < -0.4 is 0 Å². The zero-order valence-corrected chi connectivity index (χ0v) is 10.6. The third kappa shape index (κ3) is 5.59. The van der Waals surface area contributed by atoms with Crippen LogP contribution in [0.3, 0.4) is 0 Å². The van der Waals surface area contributed by atoms with Gasteiger partial charge in [-0.1, -0.05) is 23.3 Å². The lowest BCUT2D eigenvalue weighted by atomic mass is 10.1. The molecule has 0 spiro atoms. The van der Waals surface area contributed by atoms with Gasteiger partial charge in [-0.2, -0.15) is 0 Å². The van der Waals surface area contributed by atoms with E-state index in [9.17, 15) is 0 Å². The van der Waals surface area contributed by atoms with Crippen LogP contribution in [-0.4, -0.2) is 0 Å². The fraction of sp³-hybridized carbons (Fsp3) is 0.467. The summed E-state index contributed by atoms with van der Waals surface area (Å²) in [5, 5.41) is 0. The zero-order chi connectivity index (χ0) is 11.8. The van der Waals surface area contributed by atoms with Crippen molar-refractivity contribution in [1.82, 2.24) is 0 Å². The molecule has 16 heavy (non-hydrogen) atoms. The van der Waals surface area contributed by atoms with E-state index in [0.717, 1.165) is 19.3 Å². The van der Waals surface area contributed by atoms with Gasteiger partial charge in [-0.25, -0.2) is 0 Å². The molecule has 0 saturated carbocycles. The minimum atomic E-state index is 1.08. The zero-order valence-electron chi connectivity index (χ0n) is 10.6. The fourth-order valence-corrected chi connectivity index (χ4v) is 1.61. The minimum Gasteiger partial charge on any atom is -0.472 e. The summed E-state index contributed by atoms with van der Waals surface area (Å²) < 4.78 is 5.03. The number of rotatable bonds is 6. The Kier molecular flexibility index (Phi) is 5.69. The van der Waals surface area contributed by atoms with Crippen LogP contribution in [0.15, 0.2) is 46.3 Å². The van der Waals surface area contributed by atoms with Crippen LogP contribution in [-0.2, 0) is 6.42 Å². The predicted octanol–water partition coefficient (Wildman–Crippen LogP) is 4.90. The molecular weight excluding hydrogens is 196 g/mol. The molecule has 0 atom stereocenters. The summed E-state index contributed by atoms with van der Waals surface area (Å²) in [7, 11) is 0. The van der Waals surface area contributed by atoms with E-state index in [1.54, 1.807) is 6.26 Å². The lowest BCUT2D eigenvalue weighted by molar-refractivity contribution is 0.564. The number of allylic oxidation sites excluding steroid dienone is 4. The van der Waals surface area contributed by atoms with Gasteiger partial charge in [0.1, 0.15) is 0 Å². The van der Waals surface area contributed by atoms with Crippen LogP contribution in [0, 0.1) is 0 Å². The van der Waals surface area contributed by atoms with Gasteiger partial charge in [-0.3, -0.25) is 0 Å². The minimum absolute atomic E-state index is 1.08. The molecule has 0 unspecified atom stereocenters. The Bertz CT molecular complexity index is 338. The van der Waals surface area contributed by atoms with Crippen molar-refractivity contribution in [3.05, 3.63) is 47.5 Å². The first-order valence-electron chi connectivity index (χ1n) is 5.98.